The van der Waals surface area contributed by atoms with Gasteiger partial charge in [-0.3, -0.25) is 9.69 Å². The van der Waals surface area contributed by atoms with Crippen LogP contribution in [-0.4, -0.2) is 50.3 Å². The van der Waals surface area contributed by atoms with Crippen LogP contribution >= 0.6 is 34.1 Å². The standard InChI is InChI=1S/C15H18BIN2O3S/c1-16(17)22-14(20)12-10-23-13-7-8-18(15(21)19(12)13)9-11-5-3-2-4-6-11/h2-6,12-13H,7-10H2,1H3/t12-,13-/m0/s1. The van der Waals surface area contributed by atoms with Crippen molar-refractivity contribution in [1.82, 2.24) is 9.80 Å². The highest BCUT2D eigenvalue weighted by molar-refractivity contribution is 14.1. The minimum atomic E-state index is -0.465. The maximum Gasteiger partial charge on any atom is 0.428 e. The highest BCUT2D eigenvalue weighted by atomic mass is 127. The van der Waals surface area contributed by atoms with E-state index in [-0.39, 0.29) is 22.1 Å². The van der Waals surface area contributed by atoms with E-state index in [1.54, 1.807) is 16.7 Å². The Morgan fingerprint density at radius 1 is 1.43 bits per heavy atom. The highest BCUT2D eigenvalue weighted by Crippen LogP contribution is 2.36. The summed E-state index contributed by atoms with van der Waals surface area (Å²) in [6, 6.07) is 9.42. The number of benzene rings is 1. The topological polar surface area (TPSA) is 49.9 Å². The van der Waals surface area contributed by atoms with Gasteiger partial charge in [-0.1, -0.05) is 52.7 Å². The van der Waals surface area contributed by atoms with E-state index in [0.717, 1.165) is 18.5 Å². The zero-order valence-corrected chi connectivity index (χ0v) is 15.8. The molecule has 0 N–H and O–H groups in total. The third-order valence-electron chi connectivity index (χ3n) is 4.00. The van der Waals surface area contributed by atoms with Gasteiger partial charge in [0.2, 0.25) is 0 Å². The molecule has 2 aliphatic rings. The molecular weight excluding hydrogens is 426 g/mol. The van der Waals surface area contributed by atoms with Gasteiger partial charge in [-0.25, -0.2) is 4.79 Å². The molecule has 122 valence electrons. The molecule has 5 nitrogen and oxygen atoms in total. The number of carbonyl (C=O) groups is 2. The van der Waals surface area contributed by atoms with Gasteiger partial charge in [0.05, 0.1) is 5.37 Å². The SMILES string of the molecule is CB(I)OC(=O)[C@@H]1CS[C@H]2CCN(Cc3ccccc3)C(=O)N21. The Labute approximate surface area is 154 Å². The maximum absolute atomic E-state index is 12.8. The van der Waals surface area contributed by atoms with Gasteiger partial charge < -0.3 is 9.55 Å². The molecule has 23 heavy (non-hydrogen) atoms. The van der Waals surface area contributed by atoms with E-state index in [2.05, 4.69) is 22.4 Å². The number of carbonyl (C=O) groups excluding carboxylic acids is 2. The summed E-state index contributed by atoms with van der Waals surface area (Å²) in [5.41, 5.74) is 1.10. The smallest absolute Gasteiger partial charge is 0.428 e. The first-order chi connectivity index (χ1) is 11.1. The molecule has 0 radical (unpaired) electrons. The van der Waals surface area contributed by atoms with Crippen molar-refractivity contribution in [2.24, 2.45) is 0 Å². The van der Waals surface area contributed by atoms with Crippen LogP contribution in [0.1, 0.15) is 12.0 Å². The predicted octanol–water partition coefficient (Wildman–Crippen LogP) is 2.85. The number of hydrogen-bond acceptors (Lipinski definition) is 4. The van der Waals surface area contributed by atoms with E-state index < -0.39 is 6.04 Å². The van der Waals surface area contributed by atoms with Crippen LogP contribution in [0.25, 0.3) is 0 Å². The number of thioether (sulfide) groups is 1. The van der Waals surface area contributed by atoms with Crippen molar-refractivity contribution in [2.45, 2.75) is 31.2 Å². The van der Waals surface area contributed by atoms with Gasteiger partial charge in [-0.15, -0.1) is 11.8 Å². The summed E-state index contributed by atoms with van der Waals surface area (Å²) in [6.07, 6.45) is 0.882. The normalized spacial score (nSPS) is 23.7. The third kappa shape index (κ3) is 3.79. The quantitative estimate of drug-likeness (QED) is 0.530. The van der Waals surface area contributed by atoms with E-state index in [4.69, 9.17) is 4.65 Å². The third-order valence-corrected chi connectivity index (χ3v) is 5.61. The first-order valence-electron chi connectivity index (χ1n) is 7.63. The molecule has 1 aromatic rings. The van der Waals surface area contributed by atoms with Crippen LogP contribution in [0.2, 0.25) is 6.82 Å². The monoisotopic (exact) mass is 444 g/mol. The zero-order valence-electron chi connectivity index (χ0n) is 12.9. The van der Waals surface area contributed by atoms with Crippen LogP contribution in [0, 0.1) is 0 Å². The van der Waals surface area contributed by atoms with E-state index in [9.17, 15) is 9.59 Å². The maximum atomic E-state index is 12.8. The first kappa shape index (κ1) is 16.9. The Kier molecular flexibility index (Phi) is 5.40. The minimum Gasteiger partial charge on any atom is -0.524 e. The Morgan fingerprint density at radius 2 is 2.17 bits per heavy atom. The van der Waals surface area contributed by atoms with Gasteiger partial charge in [-0.2, -0.15) is 0 Å². The van der Waals surface area contributed by atoms with Crippen LogP contribution in [-0.2, 0) is 16.0 Å². The lowest BCUT2D eigenvalue weighted by atomic mass is 10.1. The molecule has 0 bridgehead atoms. The lowest BCUT2D eigenvalue weighted by Gasteiger charge is -2.39. The summed E-state index contributed by atoms with van der Waals surface area (Å²) in [4.78, 5) is 28.7. The fourth-order valence-corrected chi connectivity index (χ4v) is 4.56. The Morgan fingerprint density at radius 3 is 2.87 bits per heavy atom. The summed E-state index contributed by atoms with van der Waals surface area (Å²) in [7, 11) is 0. The van der Waals surface area contributed by atoms with Gasteiger partial charge in [0.15, 0.2) is 0 Å². The van der Waals surface area contributed by atoms with Crippen molar-refractivity contribution in [3.63, 3.8) is 0 Å². The first-order valence-corrected chi connectivity index (χ1v) is 9.93. The molecule has 2 heterocycles. The average Bonchev–Trinajstić information content (AvgIpc) is 2.95. The minimum absolute atomic E-state index is 0.0573. The predicted molar refractivity (Wildman–Crippen MR) is 100 cm³/mol. The van der Waals surface area contributed by atoms with Gasteiger partial charge in [0, 0.05) is 18.8 Å². The van der Waals surface area contributed by atoms with Crippen molar-refractivity contribution >= 4 is 50.9 Å². The fraction of sp³-hybridized carbons (Fsp3) is 0.467. The van der Waals surface area contributed by atoms with Crippen LogP contribution in [0.15, 0.2) is 30.3 Å². The number of amides is 2. The number of rotatable bonds is 4. The van der Waals surface area contributed by atoms with Crippen molar-refractivity contribution in [3.05, 3.63) is 35.9 Å². The van der Waals surface area contributed by atoms with Crippen LogP contribution < -0.4 is 0 Å². The highest BCUT2D eigenvalue weighted by Gasteiger charge is 2.46. The molecule has 8 heteroatoms. The molecule has 0 spiro atoms. The van der Waals surface area contributed by atoms with E-state index in [1.165, 1.54) is 0 Å². The number of hydrogen-bond donors (Lipinski definition) is 0. The molecule has 2 saturated heterocycles. The number of fused-ring (bicyclic) bond motifs is 1. The Balaban J connectivity index is 1.71. The molecule has 2 amide bonds. The molecule has 0 saturated carbocycles. The van der Waals surface area contributed by atoms with E-state index >= 15 is 0 Å². The van der Waals surface area contributed by atoms with Crippen LogP contribution in [0.5, 0.6) is 0 Å². The van der Waals surface area contributed by atoms with E-state index in [1.807, 2.05) is 42.1 Å². The van der Waals surface area contributed by atoms with Crippen molar-refractivity contribution in [1.29, 1.82) is 0 Å². The number of nitrogens with zero attached hydrogens (tertiary/aromatic N) is 2. The molecule has 0 aliphatic carbocycles. The molecule has 2 fully saturated rings. The summed E-state index contributed by atoms with van der Waals surface area (Å²) in [5.74, 6) is 0.328. The lowest BCUT2D eigenvalue weighted by molar-refractivity contribution is -0.139. The molecule has 0 aromatic heterocycles. The second-order valence-electron chi connectivity index (χ2n) is 5.67. The molecular formula is C15H18BIN2O3S. The molecule has 0 unspecified atom stereocenters. The van der Waals surface area contributed by atoms with Crippen molar-refractivity contribution < 1.29 is 14.2 Å². The molecule has 2 aliphatic heterocycles. The van der Waals surface area contributed by atoms with Gasteiger partial charge in [0.1, 0.15) is 6.04 Å². The molecule has 1 aromatic carbocycles. The van der Waals surface area contributed by atoms with Gasteiger partial charge in [0.25, 0.3) is 0 Å². The molecule has 3 rings (SSSR count). The summed E-state index contributed by atoms with van der Waals surface area (Å²) in [5, 5.41) is 0.0941. The second kappa shape index (κ2) is 7.33. The molecule has 2 atom stereocenters. The number of halogens is 1. The van der Waals surface area contributed by atoms with Crippen LogP contribution in [0.3, 0.4) is 0 Å². The van der Waals surface area contributed by atoms with E-state index in [0.29, 0.717) is 12.3 Å². The Bertz CT molecular complexity index is 589. The van der Waals surface area contributed by atoms with Crippen molar-refractivity contribution in [2.75, 3.05) is 12.3 Å². The lowest BCUT2D eigenvalue weighted by Crippen LogP contribution is -2.56. The average molecular weight is 444 g/mol. The summed E-state index contributed by atoms with van der Waals surface area (Å²) < 4.78 is 5.12. The number of urea groups is 1. The second-order valence-corrected chi connectivity index (χ2v) is 8.63. The largest absolute Gasteiger partial charge is 0.524 e. The Hall–Kier alpha value is -0.895. The summed E-state index contributed by atoms with van der Waals surface area (Å²) in [6.45, 7) is 3.13. The summed E-state index contributed by atoms with van der Waals surface area (Å²) >= 11 is 3.73. The van der Waals surface area contributed by atoms with Gasteiger partial charge in [-0.05, 0) is 18.8 Å². The van der Waals surface area contributed by atoms with Crippen molar-refractivity contribution in [3.8, 4) is 0 Å². The fourth-order valence-electron chi connectivity index (χ4n) is 2.94. The van der Waals surface area contributed by atoms with Crippen LogP contribution in [0.4, 0.5) is 4.79 Å². The zero-order chi connectivity index (χ0) is 16.4. The van der Waals surface area contributed by atoms with Gasteiger partial charge >= 0.3 is 16.8 Å².